The van der Waals surface area contributed by atoms with E-state index >= 15 is 0 Å². The minimum Gasteiger partial charge on any atom is -0.323 e. The van der Waals surface area contributed by atoms with Crippen LogP contribution < -0.4 is 5.73 Å². The van der Waals surface area contributed by atoms with Gasteiger partial charge in [-0.25, -0.2) is 0 Å². The Kier molecular flexibility index (Phi) is 6.40. The number of thioether (sulfide) groups is 1. The van der Waals surface area contributed by atoms with Gasteiger partial charge in [-0.3, -0.25) is 0 Å². The molecule has 0 bridgehead atoms. The van der Waals surface area contributed by atoms with Crippen LogP contribution in [0.25, 0.3) is 0 Å². The summed E-state index contributed by atoms with van der Waals surface area (Å²) in [5.74, 6) is 1.20. The second-order valence-electron chi connectivity index (χ2n) is 5.55. The molecule has 3 heteroatoms. The third-order valence-corrected chi connectivity index (χ3v) is 5.76. The van der Waals surface area contributed by atoms with Crippen LogP contribution >= 0.6 is 11.8 Å². The van der Waals surface area contributed by atoms with Crippen molar-refractivity contribution in [3.8, 4) is 0 Å². The molecule has 0 heterocycles. The summed E-state index contributed by atoms with van der Waals surface area (Å²) >= 11 is 2.07. The maximum absolute atomic E-state index is 6.54. The van der Waals surface area contributed by atoms with Gasteiger partial charge in [-0.2, -0.15) is 11.8 Å². The maximum Gasteiger partial charge on any atom is 0.0418 e. The molecule has 2 N–H and O–H groups in total. The Hall–Kier alpha value is -0.510. The molecule has 0 fully saturated rings. The summed E-state index contributed by atoms with van der Waals surface area (Å²) in [6.07, 6.45) is 3.71. The number of hydrogen-bond acceptors (Lipinski definition) is 3. The fourth-order valence-corrected chi connectivity index (χ4v) is 4.37. The lowest BCUT2D eigenvalue weighted by atomic mass is 10.00. The van der Waals surface area contributed by atoms with Crippen LogP contribution in [-0.2, 0) is 6.42 Å². The average Bonchev–Trinajstić information content (AvgIpc) is 2.64. The van der Waals surface area contributed by atoms with Gasteiger partial charge in [-0.05, 0) is 43.5 Å². The highest BCUT2D eigenvalue weighted by Gasteiger charge is 2.24. The number of hydrogen-bond donors (Lipinski definition) is 1. The lowest BCUT2D eigenvalue weighted by Crippen LogP contribution is -2.28. The SMILES string of the molecule is CCN(CC)CCSC1CCCc2ccccc2C1N. The summed E-state index contributed by atoms with van der Waals surface area (Å²) in [7, 11) is 0. The number of benzene rings is 1. The van der Waals surface area contributed by atoms with Gasteiger partial charge in [0.2, 0.25) is 0 Å². The van der Waals surface area contributed by atoms with Crippen LogP contribution in [0.2, 0.25) is 0 Å². The van der Waals surface area contributed by atoms with Crippen molar-refractivity contribution < 1.29 is 0 Å². The van der Waals surface area contributed by atoms with Crippen molar-refractivity contribution in [2.24, 2.45) is 5.73 Å². The van der Waals surface area contributed by atoms with Gasteiger partial charge < -0.3 is 10.6 Å². The fraction of sp³-hybridized carbons (Fsp3) is 0.647. The van der Waals surface area contributed by atoms with E-state index in [4.69, 9.17) is 5.73 Å². The molecule has 0 saturated heterocycles. The summed E-state index contributed by atoms with van der Waals surface area (Å²) in [6.45, 7) is 7.96. The number of fused-ring (bicyclic) bond motifs is 1. The molecule has 1 aromatic rings. The van der Waals surface area contributed by atoms with Crippen LogP contribution in [0.4, 0.5) is 0 Å². The summed E-state index contributed by atoms with van der Waals surface area (Å²) in [5, 5.41) is 0.578. The van der Waals surface area contributed by atoms with Crippen molar-refractivity contribution in [3.05, 3.63) is 35.4 Å². The summed E-state index contributed by atoms with van der Waals surface area (Å²) in [4.78, 5) is 2.49. The predicted octanol–water partition coefficient (Wildman–Crippen LogP) is 3.47. The van der Waals surface area contributed by atoms with Crippen LogP contribution in [-0.4, -0.2) is 35.5 Å². The van der Waals surface area contributed by atoms with E-state index in [9.17, 15) is 0 Å². The number of nitrogens with zero attached hydrogens (tertiary/aromatic N) is 1. The Labute approximate surface area is 128 Å². The van der Waals surface area contributed by atoms with E-state index in [1.165, 1.54) is 42.7 Å². The third-order valence-electron chi connectivity index (χ3n) is 4.38. The van der Waals surface area contributed by atoms with Gasteiger partial charge in [0.1, 0.15) is 0 Å². The first kappa shape index (κ1) is 15.9. The van der Waals surface area contributed by atoms with Crippen molar-refractivity contribution in [1.29, 1.82) is 0 Å². The lowest BCUT2D eigenvalue weighted by molar-refractivity contribution is 0.323. The average molecular weight is 292 g/mol. The van der Waals surface area contributed by atoms with Crippen LogP contribution in [0, 0.1) is 0 Å². The van der Waals surface area contributed by atoms with Gasteiger partial charge in [-0.1, -0.05) is 38.1 Å². The van der Waals surface area contributed by atoms with Gasteiger partial charge in [0.25, 0.3) is 0 Å². The van der Waals surface area contributed by atoms with Crippen molar-refractivity contribution >= 4 is 11.8 Å². The zero-order valence-corrected chi connectivity index (χ0v) is 13.7. The first-order valence-electron chi connectivity index (χ1n) is 7.93. The van der Waals surface area contributed by atoms with E-state index < -0.39 is 0 Å². The molecule has 0 radical (unpaired) electrons. The van der Waals surface area contributed by atoms with Crippen LogP contribution in [0.5, 0.6) is 0 Å². The highest BCUT2D eigenvalue weighted by atomic mass is 32.2. The van der Waals surface area contributed by atoms with E-state index in [1.54, 1.807) is 0 Å². The molecule has 0 spiro atoms. The lowest BCUT2D eigenvalue weighted by Gasteiger charge is -2.24. The van der Waals surface area contributed by atoms with Gasteiger partial charge in [0, 0.05) is 23.6 Å². The molecule has 1 aliphatic rings. The summed E-state index contributed by atoms with van der Waals surface area (Å²) in [6, 6.07) is 8.94. The number of rotatable bonds is 6. The van der Waals surface area contributed by atoms with Crippen molar-refractivity contribution in [2.75, 3.05) is 25.4 Å². The third kappa shape index (κ3) is 4.00. The quantitative estimate of drug-likeness (QED) is 0.814. The zero-order chi connectivity index (χ0) is 14.4. The molecular formula is C17H28N2S. The predicted molar refractivity (Wildman–Crippen MR) is 90.3 cm³/mol. The topological polar surface area (TPSA) is 29.3 Å². The van der Waals surface area contributed by atoms with Crippen molar-refractivity contribution in [3.63, 3.8) is 0 Å². The molecule has 2 nitrogen and oxygen atoms in total. The Morgan fingerprint density at radius 1 is 1.25 bits per heavy atom. The molecule has 2 rings (SSSR count). The van der Waals surface area contributed by atoms with Gasteiger partial charge in [-0.15, -0.1) is 0 Å². The van der Waals surface area contributed by atoms with Gasteiger partial charge in [0.05, 0.1) is 0 Å². The monoisotopic (exact) mass is 292 g/mol. The van der Waals surface area contributed by atoms with Crippen LogP contribution in [0.3, 0.4) is 0 Å². The number of nitrogens with two attached hydrogens (primary N) is 1. The van der Waals surface area contributed by atoms with Gasteiger partial charge in [0.15, 0.2) is 0 Å². The smallest absolute Gasteiger partial charge is 0.0418 e. The molecule has 2 unspecified atom stereocenters. The molecule has 0 aliphatic heterocycles. The molecule has 2 atom stereocenters. The minimum absolute atomic E-state index is 0.204. The molecule has 0 amide bonds. The van der Waals surface area contributed by atoms with Crippen molar-refractivity contribution in [2.45, 2.75) is 44.4 Å². The molecular weight excluding hydrogens is 264 g/mol. The highest BCUT2D eigenvalue weighted by molar-refractivity contribution is 7.99. The molecule has 1 aliphatic carbocycles. The standard InChI is InChI=1S/C17H28N2S/c1-3-19(4-2)12-13-20-16-11-7-9-14-8-5-6-10-15(14)17(16)18/h5-6,8,10,16-17H,3-4,7,9,11-13,18H2,1-2H3. The summed E-state index contributed by atoms with van der Waals surface area (Å²) in [5.41, 5.74) is 9.38. The fourth-order valence-electron chi connectivity index (χ4n) is 3.02. The first-order chi connectivity index (χ1) is 9.76. The minimum atomic E-state index is 0.204. The summed E-state index contributed by atoms with van der Waals surface area (Å²) < 4.78 is 0. The Bertz CT molecular complexity index is 404. The second-order valence-corrected chi connectivity index (χ2v) is 6.90. The Morgan fingerprint density at radius 2 is 2.00 bits per heavy atom. The van der Waals surface area contributed by atoms with E-state index in [0.717, 1.165) is 13.1 Å². The normalized spacial score (nSPS) is 22.6. The molecule has 112 valence electrons. The zero-order valence-electron chi connectivity index (χ0n) is 12.8. The first-order valence-corrected chi connectivity index (χ1v) is 8.98. The van der Waals surface area contributed by atoms with Crippen LogP contribution in [0.1, 0.15) is 43.9 Å². The highest BCUT2D eigenvalue weighted by Crippen LogP contribution is 2.34. The Balaban J connectivity index is 1.92. The molecule has 0 saturated carbocycles. The van der Waals surface area contributed by atoms with E-state index in [-0.39, 0.29) is 6.04 Å². The molecule has 0 aromatic heterocycles. The second kappa shape index (κ2) is 8.06. The Morgan fingerprint density at radius 3 is 2.75 bits per heavy atom. The van der Waals surface area contributed by atoms with Gasteiger partial charge >= 0.3 is 0 Å². The maximum atomic E-state index is 6.54. The largest absolute Gasteiger partial charge is 0.323 e. The molecule has 20 heavy (non-hydrogen) atoms. The van der Waals surface area contributed by atoms with E-state index in [2.05, 4.69) is 54.8 Å². The van der Waals surface area contributed by atoms with Crippen molar-refractivity contribution in [1.82, 2.24) is 4.90 Å². The van der Waals surface area contributed by atoms with E-state index in [1.807, 2.05) is 0 Å². The molecule has 1 aromatic carbocycles. The van der Waals surface area contributed by atoms with Crippen LogP contribution in [0.15, 0.2) is 24.3 Å². The number of aryl methyl sites for hydroxylation is 1. The van der Waals surface area contributed by atoms with E-state index in [0.29, 0.717) is 5.25 Å².